The lowest BCUT2D eigenvalue weighted by atomic mass is 9.98. The average molecular weight is 441 g/mol. The molecular weight excluding hydrogens is 408 g/mol. The largest absolute Gasteiger partial charge is 0.478 e. The summed E-state index contributed by atoms with van der Waals surface area (Å²) in [6.07, 6.45) is 3.22. The molecule has 0 amide bonds. The third-order valence-electron chi connectivity index (χ3n) is 5.80. The highest BCUT2D eigenvalue weighted by atomic mass is 32.2. The predicted octanol–water partition coefficient (Wildman–Crippen LogP) is 5.28. The summed E-state index contributed by atoms with van der Waals surface area (Å²) in [6, 6.07) is 15.2. The van der Waals surface area contributed by atoms with E-state index in [2.05, 4.69) is 43.1 Å². The van der Waals surface area contributed by atoms with Crippen molar-refractivity contribution in [3.05, 3.63) is 71.1 Å². The van der Waals surface area contributed by atoms with E-state index >= 15 is 0 Å². The van der Waals surface area contributed by atoms with Crippen LogP contribution in [0.2, 0.25) is 0 Å². The van der Waals surface area contributed by atoms with Crippen molar-refractivity contribution in [2.24, 2.45) is 0 Å². The molecule has 1 unspecified atom stereocenters. The molecule has 0 saturated heterocycles. The summed E-state index contributed by atoms with van der Waals surface area (Å²) in [7, 11) is 0. The fourth-order valence-electron chi connectivity index (χ4n) is 4.16. The summed E-state index contributed by atoms with van der Waals surface area (Å²) in [5, 5.41) is 23.0. The fraction of sp³-hybridized carbons (Fsp3) is 0.400. The van der Waals surface area contributed by atoms with Crippen molar-refractivity contribution in [3.63, 3.8) is 0 Å². The van der Waals surface area contributed by atoms with Gasteiger partial charge in [0, 0.05) is 12.2 Å². The molecule has 3 N–H and O–H groups in total. The summed E-state index contributed by atoms with van der Waals surface area (Å²) in [6.45, 7) is 7.16. The Labute approximate surface area is 189 Å². The molecule has 0 radical (unpaired) electrons. The minimum atomic E-state index is -0.919. The van der Waals surface area contributed by atoms with Gasteiger partial charge in [0.15, 0.2) is 4.99 Å². The predicted molar refractivity (Wildman–Crippen MR) is 128 cm³/mol. The standard InChI is InChI=1S/C25H32N2O3S/c1-4-6-15-25(31-5-2)26-23(17-28)18(3)27(25)16-19-11-13-20(14-12-19)21-9-7-8-10-22(21)24(29)30/h7-14,26,28H,4-6,15-17H2,1-3H3,(H,29,30). The molecule has 0 bridgehead atoms. The number of aliphatic hydroxyl groups excluding tert-OH is 1. The van der Waals surface area contributed by atoms with Crippen molar-refractivity contribution in [1.82, 2.24) is 10.2 Å². The lowest BCUT2D eigenvalue weighted by Crippen LogP contribution is -2.49. The van der Waals surface area contributed by atoms with E-state index in [1.165, 1.54) is 0 Å². The Balaban J connectivity index is 1.89. The maximum absolute atomic E-state index is 11.6. The molecule has 5 nitrogen and oxygen atoms in total. The van der Waals surface area contributed by atoms with Crippen molar-refractivity contribution in [3.8, 4) is 11.1 Å². The fourth-order valence-corrected chi connectivity index (χ4v) is 5.48. The van der Waals surface area contributed by atoms with Gasteiger partial charge in [-0.3, -0.25) is 0 Å². The maximum atomic E-state index is 11.6. The summed E-state index contributed by atoms with van der Waals surface area (Å²) in [5.74, 6) is 0.0572. The van der Waals surface area contributed by atoms with Crippen LogP contribution in [0, 0.1) is 0 Å². The third kappa shape index (κ3) is 4.91. The van der Waals surface area contributed by atoms with Gasteiger partial charge < -0.3 is 20.4 Å². The van der Waals surface area contributed by atoms with E-state index in [1.54, 1.807) is 12.1 Å². The van der Waals surface area contributed by atoms with Crippen LogP contribution in [0.15, 0.2) is 59.9 Å². The Hall–Kier alpha value is -2.44. The Bertz CT molecular complexity index is 942. The van der Waals surface area contributed by atoms with Crippen LogP contribution < -0.4 is 5.32 Å². The smallest absolute Gasteiger partial charge is 0.336 e. The van der Waals surface area contributed by atoms with E-state index < -0.39 is 5.97 Å². The molecule has 31 heavy (non-hydrogen) atoms. The molecule has 0 saturated carbocycles. The van der Waals surface area contributed by atoms with E-state index in [1.807, 2.05) is 36.0 Å². The van der Waals surface area contributed by atoms with Crippen LogP contribution in [0.25, 0.3) is 11.1 Å². The second kappa shape index (κ2) is 10.2. The number of aromatic carboxylic acids is 1. The van der Waals surface area contributed by atoms with Gasteiger partial charge >= 0.3 is 5.97 Å². The third-order valence-corrected chi connectivity index (χ3v) is 7.09. The zero-order valence-electron chi connectivity index (χ0n) is 18.5. The molecule has 1 atom stereocenters. The van der Waals surface area contributed by atoms with Gasteiger partial charge in [0.1, 0.15) is 0 Å². The first kappa shape index (κ1) is 23.2. The number of rotatable bonds is 10. The Kier molecular flexibility index (Phi) is 7.68. The molecule has 0 aliphatic carbocycles. The van der Waals surface area contributed by atoms with Gasteiger partial charge in [-0.05, 0) is 48.3 Å². The van der Waals surface area contributed by atoms with Crippen LogP contribution in [0.5, 0.6) is 0 Å². The first-order chi connectivity index (χ1) is 15.0. The quantitative estimate of drug-likeness (QED) is 0.467. The molecule has 1 heterocycles. The molecule has 2 aromatic rings. The number of carbonyl (C=O) groups is 1. The number of aliphatic hydroxyl groups is 1. The van der Waals surface area contributed by atoms with E-state index in [0.29, 0.717) is 5.56 Å². The van der Waals surface area contributed by atoms with Crippen LogP contribution in [-0.2, 0) is 6.54 Å². The molecule has 6 heteroatoms. The normalized spacial score (nSPS) is 18.4. The lowest BCUT2D eigenvalue weighted by molar-refractivity contribution is 0.0697. The minimum Gasteiger partial charge on any atom is -0.478 e. The highest BCUT2D eigenvalue weighted by Crippen LogP contribution is 2.41. The van der Waals surface area contributed by atoms with E-state index in [4.69, 9.17) is 0 Å². The minimum absolute atomic E-state index is 0.00535. The first-order valence-electron chi connectivity index (χ1n) is 10.9. The second-order valence-corrected chi connectivity index (χ2v) is 9.34. The molecule has 0 fully saturated rings. The van der Waals surface area contributed by atoms with Crippen molar-refractivity contribution < 1.29 is 15.0 Å². The van der Waals surface area contributed by atoms with Gasteiger partial charge in [-0.25, -0.2) is 4.79 Å². The molecule has 2 aromatic carbocycles. The van der Waals surface area contributed by atoms with E-state index in [-0.39, 0.29) is 11.6 Å². The zero-order chi connectivity index (χ0) is 22.4. The summed E-state index contributed by atoms with van der Waals surface area (Å²) in [5.41, 5.74) is 5.05. The number of benzene rings is 2. The topological polar surface area (TPSA) is 72.8 Å². The maximum Gasteiger partial charge on any atom is 0.336 e. The van der Waals surface area contributed by atoms with Crippen molar-refractivity contribution in [2.45, 2.75) is 51.6 Å². The number of nitrogens with zero attached hydrogens (tertiary/aromatic N) is 1. The number of unbranched alkanes of at least 4 members (excludes halogenated alkanes) is 1. The second-order valence-electron chi connectivity index (χ2n) is 7.80. The van der Waals surface area contributed by atoms with Crippen LogP contribution in [-0.4, -0.2) is 38.4 Å². The Morgan fingerprint density at radius 1 is 1.13 bits per heavy atom. The van der Waals surface area contributed by atoms with Crippen LogP contribution in [0.3, 0.4) is 0 Å². The monoisotopic (exact) mass is 440 g/mol. The molecule has 1 aliphatic rings. The Morgan fingerprint density at radius 3 is 2.45 bits per heavy atom. The lowest BCUT2D eigenvalue weighted by Gasteiger charge is -2.41. The number of hydrogen-bond donors (Lipinski definition) is 3. The Morgan fingerprint density at radius 2 is 1.84 bits per heavy atom. The van der Waals surface area contributed by atoms with Crippen LogP contribution in [0.4, 0.5) is 0 Å². The van der Waals surface area contributed by atoms with Crippen molar-refractivity contribution >= 4 is 17.7 Å². The number of carboxylic acids is 1. The zero-order valence-corrected chi connectivity index (χ0v) is 19.3. The average Bonchev–Trinajstić information content (AvgIpc) is 3.04. The van der Waals surface area contributed by atoms with Crippen LogP contribution in [0.1, 0.15) is 56.0 Å². The van der Waals surface area contributed by atoms with Gasteiger partial charge in [-0.2, -0.15) is 0 Å². The summed E-state index contributed by atoms with van der Waals surface area (Å²) in [4.78, 5) is 13.7. The van der Waals surface area contributed by atoms with Gasteiger partial charge in [0.05, 0.1) is 17.9 Å². The molecule has 3 rings (SSSR count). The number of carboxylic acid groups (broad SMARTS) is 1. The van der Waals surface area contributed by atoms with Gasteiger partial charge in [0.2, 0.25) is 0 Å². The highest BCUT2D eigenvalue weighted by Gasteiger charge is 2.42. The van der Waals surface area contributed by atoms with Gasteiger partial charge in [0.25, 0.3) is 0 Å². The number of thioether (sulfide) groups is 1. The molecule has 166 valence electrons. The molecule has 0 aromatic heterocycles. The van der Waals surface area contributed by atoms with Gasteiger partial charge in [-0.15, -0.1) is 11.8 Å². The number of hydrogen-bond acceptors (Lipinski definition) is 5. The van der Waals surface area contributed by atoms with Crippen molar-refractivity contribution in [1.29, 1.82) is 0 Å². The summed E-state index contributed by atoms with van der Waals surface area (Å²) < 4.78 is 0. The summed E-state index contributed by atoms with van der Waals surface area (Å²) >= 11 is 1.88. The molecule has 1 aliphatic heterocycles. The molecule has 0 spiro atoms. The highest BCUT2D eigenvalue weighted by molar-refractivity contribution is 8.00. The van der Waals surface area contributed by atoms with Gasteiger partial charge in [-0.1, -0.05) is 62.7 Å². The van der Waals surface area contributed by atoms with Crippen LogP contribution >= 0.6 is 11.8 Å². The number of nitrogens with one attached hydrogen (secondary N) is 1. The molecular formula is C25H32N2O3S. The first-order valence-corrected chi connectivity index (χ1v) is 11.9. The van der Waals surface area contributed by atoms with E-state index in [0.717, 1.165) is 59.6 Å². The number of allylic oxidation sites excluding steroid dienone is 1. The van der Waals surface area contributed by atoms with E-state index in [9.17, 15) is 15.0 Å². The van der Waals surface area contributed by atoms with Crippen molar-refractivity contribution in [2.75, 3.05) is 12.4 Å². The SMILES string of the molecule is CCCCC1(SCC)NC(CO)=C(C)N1Cc1ccc(-c2ccccc2C(=O)O)cc1.